The Kier molecular flexibility index (Phi) is 3.65. The van der Waals surface area contributed by atoms with Crippen LogP contribution in [-0.4, -0.2) is 57.4 Å². The SMILES string of the molecule is CC1CN(C2CC2)CCN1C(=O)c1ccccc1-c1ncc[nH]1. The lowest BCUT2D eigenvalue weighted by atomic mass is 10.0. The Hall–Kier alpha value is -2.14. The third-order valence-electron chi connectivity index (χ3n) is 4.89. The maximum atomic E-state index is 13.1. The predicted molar refractivity (Wildman–Crippen MR) is 89.1 cm³/mol. The van der Waals surface area contributed by atoms with Crippen molar-refractivity contribution < 1.29 is 4.79 Å². The third kappa shape index (κ3) is 2.77. The summed E-state index contributed by atoms with van der Waals surface area (Å²) in [6.07, 6.45) is 6.14. The van der Waals surface area contributed by atoms with Crippen LogP contribution in [0.3, 0.4) is 0 Å². The first-order valence-electron chi connectivity index (χ1n) is 8.38. The van der Waals surface area contributed by atoms with E-state index in [9.17, 15) is 4.79 Å². The molecule has 1 atom stereocenters. The molecule has 2 heterocycles. The van der Waals surface area contributed by atoms with E-state index in [1.807, 2.05) is 29.2 Å². The minimum atomic E-state index is 0.111. The highest BCUT2D eigenvalue weighted by atomic mass is 16.2. The highest BCUT2D eigenvalue weighted by Gasteiger charge is 2.36. The monoisotopic (exact) mass is 310 g/mol. The second-order valence-corrected chi connectivity index (χ2v) is 6.56. The zero-order valence-electron chi connectivity index (χ0n) is 13.4. The summed E-state index contributed by atoms with van der Waals surface area (Å²) >= 11 is 0. The summed E-state index contributed by atoms with van der Waals surface area (Å²) in [6.45, 7) is 4.94. The minimum Gasteiger partial charge on any atom is -0.345 e. The number of hydrogen-bond donors (Lipinski definition) is 1. The number of carbonyl (C=O) groups is 1. The Morgan fingerprint density at radius 3 is 2.78 bits per heavy atom. The fraction of sp³-hybridized carbons (Fsp3) is 0.444. The van der Waals surface area contributed by atoms with Gasteiger partial charge < -0.3 is 9.88 Å². The molecular formula is C18H22N4O. The van der Waals surface area contributed by atoms with Gasteiger partial charge in [-0.25, -0.2) is 4.98 Å². The molecule has 2 fully saturated rings. The van der Waals surface area contributed by atoms with E-state index in [-0.39, 0.29) is 11.9 Å². The van der Waals surface area contributed by atoms with Crippen LogP contribution in [0.4, 0.5) is 0 Å². The fourth-order valence-corrected chi connectivity index (χ4v) is 3.50. The lowest BCUT2D eigenvalue weighted by Crippen LogP contribution is -2.54. The van der Waals surface area contributed by atoms with Gasteiger partial charge in [-0.15, -0.1) is 0 Å². The average Bonchev–Trinajstić information content (AvgIpc) is 3.29. The largest absolute Gasteiger partial charge is 0.345 e. The molecule has 1 aromatic carbocycles. The number of rotatable bonds is 3. The van der Waals surface area contributed by atoms with E-state index in [0.29, 0.717) is 0 Å². The number of hydrogen-bond acceptors (Lipinski definition) is 3. The van der Waals surface area contributed by atoms with Crippen LogP contribution >= 0.6 is 0 Å². The van der Waals surface area contributed by atoms with Crippen LogP contribution in [0.25, 0.3) is 11.4 Å². The van der Waals surface area contributed by atoms with E-state index >= 15 is 0 Å². The molecule has 1 aromatic heterocycles. The molecule has 0 spiro atoms. The molecule has 2 aromatic rings. The molecule has 1 aliphatic heterocycles. The zero-order chi connectivity index (χ0) is 15.8. The Labute approximate surface area is 136 Å². The van der Waals surface area contributed by atoms with Gasteiger partial charge in [0, 0.05) is 49.7 Å². The molecule has 1 unspecified atom stereocenters. The molecule has 1 N–H and O–H groups in total. The second kappa shape index (κ2) is 5.81. The van der Waals surface area contributed by atoms with Crippen molar-refractivity contribution in [3.8, 4) is 11.4 Å². The Balaban J connectivity index is 1.57. The summed E-state index contributed by atoms with van der Waals surface area (Å²) in [5.74, 6) is 0.859. The molecule has 120 valence electrons. The van der Waals surface area contributed by atoms with Crippen molar-refractivity contribution in [3.05, 3.63) is 42.2 Å². The molecule has 5 heteroatoms. The first kappa shape index (κ1) is 14.5. The van der Waals surface area contributed by atoms with Gasteiger partial charge in [0.05, 0.1) is 5.56 Å². The zero-order valence-corrected chi connectivity index (χ0v) is 13.4. The lowest BCUT2D eigenvalue weighted by molar-refractivity contribution is 0.0474. The molecule has 0 radical (unpaired) electrons. The number of carbonyl (C=O) groups excluding carboxylic acids is 1. The number of piperazine rings is 1. The summed E-state index contributed by atoms with van der Waals surface area (Å²) in [5.41, 5.74) is 1.61. The Bertz CT molecular complexity index is 693. The van der Waals surface area contributed by atoms with E-state index in [1.165, 1.54) is 12.8 Å². The molecule has 0 bridgehead atoms. The normalized spacial score (nSPS) is 22.3. The topological polar surface area (TPSA) is 52.2 Å². The Morgan fingerprint density at radius 1 is 1.26 bits per heavy atom. The van der Waals surface area contributed by atoms with E-state index in [2.05, 4.69) is 21.8 Å². The van der Waals surface area contributed by atoms with Crippen LogP contribution in [0.5, 0.6) is 0 Å². The van der Waals surface area contributed by atoms with Crippen LogP contribution in [0.1, 0.15) is 30.1 Å². The number of imidazole rings is 1. The summed E-state index contributed by atoms with van der Waals surface area (Å²) < 4.78 is 0. The standard InChI is InChI=1S/C18H22N4O/c1-13-12-21(14-6-7-14)10-11-22(13)18(23)16-5-3-2-4-15(16)17-19-8-9-20-17/h2-5,8-9,13-14H,6-7,10-12H2,1H3,(H,19,20). The summed E-state index contributed by atoms with van der Waals surface area (Å²) in [7, 11) is 0. The highest BCUT2D eigenvalue weighted by Crippen LogP contribution is 2.30. The number of nitrogens with one attached hydrogen (secondary N) is 1. The van der Waals surface area contributed by atoms with Crippen LogP contribution in [0, 0.1) is 0 Å². The smallest absolute Gasteiger partial charge is 0.254 e. The number of amides is 1. The molecule has 1 amide bonds. The molecule has 4 rings (SSSR count). The van der Waals surface area contributed by atoms with Gasteiger partial charge in [0.1, 0.15) is 5.82 Å². The quantitative estimate of drug-likeness (QED) is 0.947. The van der Waals surface area contributed by atoms with Crippen molar-refractivity contribution >= 4 is 5.91 Å². The molecule has 1 saturated carbocycles. The number of aromatic amines is 1. The molecule has 5 nitrogen and oxygen atoms in total. The van der Waals surface area contributed by atoms with E-state index < -0.39 is 0 Å². The van der Waals surface area contributed by atoms with Crippen molar-refractivity contribution in [1.29, 1.82) is 0 Å². The maximum Gasteiger partial charge on any atom is 0.254 e. The van der Waals surface area contributed by atoms with Gasteiger partial charge in [-0.3, -0.25) is 9.69 Å². The molecule has 1 saturated heterocycles. The molecule has 2 aliphatic rings. The number of nitrogens with zero attached hydrogens (tertiary/aromatic N) is 3. The summed E-state index contributed by atoms with van der Waals surface area (Å²) in [4.78, 5) is 25.0. The van der Waals surface area contributed by atoms with Gasteiger partial charge in [-0.1, -0.05) is 18.2 Å². The minimum absolute atomic E-state index is 0.111. The number of benzene rings is 1. The fourth-order valence-electron chi connectivity index (χ4n) is 3.50. The average molecular weight is 310 g/mol. The first-order valence-corrected chi connectivity index (χ1v) is 8.38. The summed E-state index contributed by atoms with van der Waals surface area (Å²) in [5, 5.41) is 0. The Morgan fingerprint density at radius 2 is 2.09 bits per heavy atom. The number of aromatic nitrogens is 2. The maximum absolute atomic E-state index is 13.1. The van der Waals surface area contributed by atoms with Gasteiger partial charge in [0.2, 0.25) is 0 Å². The van der Waals surface area contributed by atoms with E-state index in [0.717, 1.165) is 42.6 Å². The van der Waals surface area contributed by atoms with Gasteiger partial charge >= 0.3 is 0 Å². The van der Waals surface area contributed by atoms with Gasteiger partial charge in [0.15, 0.2) is 0 Å². The van der Waals surface area contributed by atoms with Crippen molar-refractivity contribution in [2.75, 3.05) is 19.6 Å². The van der Waals surface area contributed by atoms with Gasteiger partial charge in [-0.05, 0) is 25.8 Å². The highest BCUT2D eigenvalue weighted by molar-refractivity contribution is 6.00. The van der Waals surface area contributed by atoms with E-state index in [4.69, 9.17) is 0 Å². The van der Waals surface area contributed by atoms with Crippen molar-refractivity contribution in [1.82, 2.24) is 19.8 Å². The van der Waals surface area contributed by atoms with Crippen molar-refractivity contribution in [2.24, 2.45) is 0 Å². The molecular weight excluding hydrogens is 288 g/mol. The van der Waals surface area contributed by atoms with Gasteiger partial charge in [0.25, 0.3) is 5.91 Å². The lowest BCUT2D eigenvalue weighted by Gasteiger charge is -2.40. The molecule has 23 heavy (non-hydrogen) atoms. The molecule has 1 aliphatic carbocycles. The van der Waals surface area contributed by atoms with Crippen LogP contribution in [0.2, 0.25) is 0 Å². The van der Waals surface area contributed by atoms with Crippen LogP contribution < -0.4 is 0 Å². The first-order chi connectivity index (χ1) is 11.2. The van der Waals surface area contributed by atoms with Crippen LogP contribution in [0.15, 0.2) is 36.7 Å². The predicted octanol–water partition coefficient (Wildman–Crippen LogP) is 2.39. The number of H-pyrrole nitrogens is 1. The van der Waals surface area contributed by atoms with E-state index in [1.54, 1.807) is 12.4 Å². The summed E-state index contributed by atoms with van der Waals surface area (Å²) in [6, 6.07) is 8.75. The van der Waals surface area contributed by atoms with Crippen molar-refractivity contribution in [3.63, 3.8) is 0 Å². The second-order valence-electron chi connectivity index (χ2n) is 6.56. The third-order valence-corrected chi connectivity index (χ3v) is 4.89. The van der Waals surface area contributed by atoms with Crippen LogP contribution in [-0.2, 0) is 0 Å². The van der Waals surface area contributed by atoms with Gasteiger partial charge in [-0.2, -0.15) is 0 Å². The van der Waals surface area contributed by atoms with Crippen molar-refractivity contribution in [2.45, 2.75) is 31.8 Å².